The van der Waals surface area contributed by atoms with E-state index >= 15 is 0 Å². The first-order valence-electron chi connectivity index (χ1n) is 10.7. The first kappa shape index (κ1) is 19.4. The maximum Gasteiger partial charge on any atom is 0.253 e. The molecule has 2 N–H and O–H groups in total. The Kier molecular flexibility index (Phi) is 3.99. The number of aliphatic hydroxyl groups is 1. The normalized spacial score (nSPS) is 40.6. The number of halogens is 1. The molecular formula is C23H29ClN2O3. The van der Waals surface area contributed by atoms with E-state index in [-0.39, 0.29) is 22.6 Å². The number of amides is 2. The van der Waals surface area contributed by atoms with Gasteiger partial charge < -0.3 is 15.3 Å². The summed E-state index contributed by atoms with van der Waals surface area (Å²) in [5.74, 6) is -0.121. The lowest BCUT2D eigenvalue weighted by Crippen LogP contribution is -2.70. The Bertz CT molecular complexity index is 860. The van der Waals surface area contributed by atoms with Crippen LogP contribution in [0.3, 0.4) is 0 Å². The first-order chi connectivity index (χ1) is 13.5. The van der Waals surface area contributed by atoms with Crippen LogP contribution in [0.2, 0.25) is 5.02 Å². The lowest BCUT2D eigenvalue weighted by molar-refractivity contribution is -0.202. The monoisotopic (exact) mass is 416 g/mol. The van der Waals surface area contributed by atoms with Gasteiger partial charge in [-0.2, -0.15) is 0 Å². The zero-order valence-corrected chi connectivity index (χ0v) is 17.9. The third kappa shape index (κ3) is 3.17. The topological polar surface area (TPSA) is 69.6 Å². The molecule has 4 aliphatic carbocycles. The maximum absolute atomic E-state index is 13.3. The van der Waals surface area contributed by atoms with Crippen LogP contribution < -0.4 is 10.2 Å². The Labute approximate surface area is 176 Å². The van der Waals surface area contributed by atoms with Crippen molar-refractivity contribution in [1.29, 1.82) is 0 Å². The molecule has 5 aliphatic rings. The fourth-order valence-corrected chi connectivity index (χ4v) is 8.05. The van der Waals surface area contributed by atoms with Crippen LogP contribution >= 0.6 is 11.6 Å². The van der Waals surface area contributed by atoms with Crippen molar-refractivity contribution in [2.24, 2.45) is 10.8 Å². The standard InChI is InChI=1S/C23H29ClN2O3/c1-20-9-21(2)11-22(10-20,14-23(29,12-20)13-21)25-19(28)16-8-15(5-6-17(16)24)26-7-3-4-18(26)27/h5-6,8,29H,3-4,7,9-14H2,1-2H3,(H,25,28). The summed E-state index contributed by atoms with van der Waals surface area (Å²) in [6.07, 6.45) is 6.52. The number of nitrogens with one attached hydrogen (secondary N) is 1. The molecule has 2 amide bonds. The van der Waals surface area contributed by atoms with Crippen LogP contribution in [0.1, 0.15) is 75.6 Å². The van der Waals surface area contributed by atoms with Gasteiger partial charge in [0.05, 0.1) is 16.2 Å². The van der Waals surface area contributed by atoms with Gasteiger partial charge in [-0.15, -0.1) is 0 Å². The van der Waals surface area contributed by atoms with Crippen LogP contribution in [0.25, 0.3) is 0 Å². The number of carbonyl (C=O) groups excluding carboxylic acids is 2. The summed E-state index contributed by atoms with van der Waals surface area (Å²) < 4.78 is 0. The molecule has 0 radical (unpaired) electrons. The van der Waals surface area contributed by atoms with Gasteiger partial charge in [0, 0.05) is 24.2 Å². The Morgan fingerprint density at radius 2 is 1.79 bits per heavy atom. The summed E-state index contributed by atoms with van der Waals surface area (Å²) in [5, 5.41) is 14.9. The lowest BCUT2D eigenvalue weighted by Gasteiger charge is -2.68. The summed E-state index contributed by atoms with van der Waals surface area (Å²) in [5.41, 5.74) is 0.150. The molecule has 0 spiro atoms. The predicted molar refractivity (Wildman–Crippen MR) is 112 cm³/mol. The zero-order valence-electron chi connectivity index (χ0n) is 17.2. The third-order valence-electron chi connectivity index (χ3n) is 7.52. The van der Waals surface area contributed by atoms with Crippen molar-refractivity contribution in [2.75, 3.05) is 11.4 Å². The third-order valence-corrected chi connectivity index (χ3v) is 7.85. The van der Waals surface area contributed by atoms with E-state index < -0.39 is 11.1 Å². The van der Waals surface area contributed by atoms with Gasteiger partial charge in [-0.05, 0) is 74.0 Å². The van der Waals surface area contributed by atoms with Gasteiger partial charge >= 0.3 is 0 Å². The van der Waals surface area contributed by atoms with E-state index in [0.29, 0.717) is 30.0 Å². The van der Waals surface area contributed by atoms with Gasteiger partial charge in [0.2, 0.25) is 5.91 Å². The van der Waals surface area contributed by atoms with E-state index in [1.165, 1.54) is 0 Å². The van der Waals surface area contributed by atoms with E-state index in [4.69, 9.17) is 11.6 Å². The van der Waals surface area contributed by atoms with E-state index in [1.54, 1.807) is 23.1 Å². The minimum absolute atomic E-state index is 0.0547. The Morgan fingerprint density at radius 1 is 1.10 bits per heavy atom. The second-order valence-corrected chi connectivity index (χ2v) is 11.4. The van der Waals surface area contributed by atoms with Crippen LogP contribution in [0, 0.1) is 10.8 Å². The van der Waals surface area contributed by atoms with Crippen LogP contribution in [0.5, 0.6) is 0 Å². The smallest absolute Gasteiger partial charge is 0.253 e. The largest absolute Gasteiger partial charge is 0.390 e. The van der Waals surface area contributed by atoms with Gasteiger partial charge in [0.25, 0.3) is 5.91 Å². The highest BCUT2D eigenvalue weighted by Crippen LogP contribution is 2.67. The molecule has 156 valence electrons. The van der Waals surface area contributed by atoms with Gasteiger partial charge in [0.1, 0.15) is 0 Å². The minimum atomic E-state index is -0.695. The Hall–Kier alpha value is -1.59. The summed E-state index contributed by atoms with van der Waals surface area (Å²) >= 11 is 6.39. The van der Waals surface area contributed by atoms with Gasteiger partial charge in [-0.1, -0.05) is 25.4 Å². The van der Waals surface area contributed by atoms with Crippen molar-refractivity contribution >= 4 is 29.1 Å². The van der Waals surface area contributed by atoms with Crippen LogP contribution in [-0.4, -0.2) is 34.6 Å². The Morgan fingerprint density at radius 3 is 2.38 bits per heavy atom. The van der Waals surface area contributed by atoms with Crippen molar-refractivity contribution in [3.63, 3.8) is 0 Å². The predicted octanol–water partition coefficient (Wildman–Crippen LogP) is 4.06. The number of hydrogen-bond donors (Lipinski definition) is 2. The molecule has 5 nitrogen and oxygen atoms in total. The second-order valence-electron chi connectivity index (χ2n) is 11.0. The van der Waals surface area contributed by atoms with Gasteiger partial charge in [0.15, 0.2) is 0 Å². The molecule has 4 bridgehead atoms. The van der Waals surface area contributed by atoms with Crippen LogP contribution in [0.15, 0.2) is 18.2 Å². The fraction of sp³-hybridized carbons (Fsp3) is 0.652. The molecular weight excluding hydrogens is 388 g/mol. The average molecular weight is 417 g/mol. The zero-order chi connectivity index (χ0) is 20.7. The molecule has 2 unspecified atom stereocenters. The molecule has 0 aromatic heterocycles. The van der Waals surface area contributed by atoms with E-state index in [2.05, 4.69) is 19.2 Å². The van der Waals surface area contributed by atoms with Crippen molar-refractivity contribution in [3.05, 3.63) is 28.8 Å². The van der Waals surface area contributed by atoms with Crippen molar-refractivity contribution in [2.45, 2.75) is 76.4 Å². The van der Waals surface area contributed by atoms with Crippen LogP contribution in [0.4, 0.5) is 5.69 Å². The maximum atomic E-state index is 13.3. The van der Waals surface area contributed by atoms with E-state index in [1.807, 2.05) is 0 Å². The Balaban J connectivity index is 1.44. The van der Waals surface area contributed by atoms with Crippen molar-refractivity contribution in [3.8, 4) is 0 Å². The van der Waals surface area contributed by atoms with E-state index in [0.717, 1.165) is 44.2 Å². The van der Waals surface area contributed by atoms with Crippen molar-refractivity contribution in [1.82, 2.24) is 5.32 Å². The van der Waals surface area contributed by atoms with Crippen molar-refractivity contribution < 1.29 is 14.7 Å². The lowest BCUT2D eigenvalue weighted by atomic mass is 9.41. The van der Waals surface area contributed by atoms with Gasteiger partial charge in [-0.3, -0.25) is 9.59 Å². The number of rotatable bonds is 3. The summed E-state index contributed by atoms with van der Waals surface area (Å²) in [4.78, 5) is 27.2. The second kappa shape index (κ2) is 5.98. The molecule has 1 heterocycles. The molecule has 1 saturated heterocycles. The highest BCUT2D eigenvalue weighted by Gasteiger charge is 2.65. The highest BCUT2D eigenvalue weighted by molar-refractivity contribution is 6.34. The number of hydrogen-bond acceptors (Lipinski definition) is 3. The highest BCUT2D eigenvalue weighted by atomic mass is 35.5. The summed E-state index contributed by atoms with van der Waals surface area (Å²) in [7, 11) is 0. The van der Waals surface area contributed by atoms with Gasteiger partial charge in [-0.25, -0.2) is 0 Å². The van der Waals surface area contributed by atoms with E-state index in [9.17, 15) is 14.7 Å². The number of carbonyl (C=O) groups is 2. The summed E-state index contributed by atoms with van der Waals surface area (Å²) in [6.45, 7) is 5.18. The molecule has 1 aliphatic heterocycles. The first-order valence-corrected chi connectivity index (χ1v) is 11.0. The number of anilines is 1. The molecule has 1 aromatic rings. The minimum Gasteiger partial charge on any atom is -0.390 e. The molecule has 2 atom stereocenters. The SMILES string of the molecule is CC12CC3(C)CC(O)(C1)CC(NC(=O)c1cc(N4CCCC4=O)ccc1Cl)(C2)C3. The molecule has 6 rings (SSSR count). The number of nitrogens with zero attached hydrogens (tertiary/aromatic N) is 1. The molecule has 29 heavy (non-hydrogen) atoms. The molecule has 1 aromatic carbocycles. The number of benzene rings is 1. The molecule has 5 fully saturated rings. The van der Waals surface area contributed by atoms with Crippen LogP contribution in [-0.2, 0) is 4.79 Å². The molecule has 6 heteroatoms. The average Bonchev–Trinajstić information content (AvgIpc) is 2.96. The molecule has 4 saturated carbocycles. The quantitative estimate of drug-likeness (QED) is 0.780. The summed E-state index contributed by atoms with van der Waals surface area (Å²) in [6, 6.07) is 5.24. The fourth-order valence-electron chi connectivity index (χ4n) is 7.85.